The molecule has 0 radical (unpaired) electrons. The summed E-state index contributed by atoms with van der Waals surface area (Å²) in [7, 11) is 3.92. The summed E-state index contributed by atoms with van der Waals surface area (Å²) in [6.07, 6.45) is -0.796. The SMILES string of the molecule is CN(C)c1ccc(CNNC(=O)[C@@]2(CCC(=O)OC(C)(C)C)N=C(c3ccc(OCCCO)cc3)O[C@H]2c2ccccc2N=[N+]=[N-])cc1. The summed E-state index contributed by atoms with van der Waals surface area (Å²) < 4.78 is 17.7. The molecule has 0 bridgehead atoms. The van der Waals surface area contributed by atoms with Crippen LogP contribution in [0.15, 0.2) is 82.9 Å². The number of ether oxygens (including phenoxy) is 3. The maximum atomic E-state index is 14.4. The van der Waals surface area contributed by atoms with Crippen LogP contribution in [0, 0.1) is 0 Å². The van der Waals surface area contributed by atoms with Gasteiger partial charge >= 0.3 is 5.97 Å². The molecule has 1 heterocycles. The van der Waals surface area contributed by atoms with Crippen LogP contribution in [-0.4, -0.2) is 61.3 Å². The molecule has 1 amide bonds. The molecule has 1 aliphatic rings. The lowest BCUT2D eigenvalue weighted by molar-refractivity contribution is -0.155. The number of esters is 1. The molecule has 0 saturated heterocycles. The first-order valence-electron chi connectivity index (χ1n) is 15.7. The Hall–Kier alpha value is -5.10. The number of nitrogens with zero attached hydrogens (tertiary/aromatic N) is 5. The van der Waals surface area contributed by atoms with Crippen molar-refractivity contribution in [2.75, 3.05) is 32.2 Å². The first kappa shape index (κ1) is 35.7. The van der Waals surface area contributed by atoms with E-state index < -0.39 is 29.1 Å². The van der Waals surface area contributed by atoms with Crippen molar-refractivity contribution in [3.63, 3.8) is 0 Å². The number of rotatable bonds is 15. The van der Waals surface area contributed by atoms with Gasteiger partial charge in [-0.1, -0.05) is 41.5 Å². The van der Waals surface area contributed by atoms with E-state index in [1.165, 1.54) is 0 Å². The Balaban J connectivity index is 1.72. The van der Waals surface area contributed by atoms with Crippen molar-refractivity contribution in [1.82, 2.24) is 10.9 Å². The van der Waals surface area contributed by atoms with E-state index in [9.17, 15) is 15.1 Å². The van der Waals surface area contributed by atoms with E-state index in [2.05, 4.69) is 20.9 Å². The summed E-state index contributed by atoms with van der Waals surface area (Å²) >= 11 is 0. The quantitative estimate of drug-likeness (QED) is 0.0470. The molecular weight excluding hydrogens is 614 g/mol. The second kappa shape index (κ2) is 16.1. The molecule has 0 fully saturated rings. The molecule has 254 valence electrons. The molecule has 0 aromatic heterocycles. The van der Waals surface area contributed by atoms with E-state index in [4.69, 9.17) is 24.3 Å². The number of aliphatic hydroxyl groups is 1. The van der Waals surface area contributed by atoms with Crippen LogP contribution in [0.25, 0.3) is 10.4 Å². The molecule has 0 aliphatic carbocycles. The van der Waals surface area contributed by atoms with Crippen LogP contribution in [-0.2, 0) is 25.6 Å². The zero-order valence-corrected chi connectivity index (χ0v) is 28.0. The number of hydrogen-bond acceptors (Lipinski definition) is 10. The average molecular weight is 658 g/mol. The largest absolute Gasteiger partial charge is 0.494 e. The van der Waals surface area contributed by atoms with Gasteiger partial charge in [0.05, 0.1) is 6.61 Å². The van der Waals surface area contributed by atoms with Crippen molar-refractivity contribution < 1.29 is 28.9 Å². The lowest BCUT2D eigenvalue weighted by Crippen LogP contribution is -2.52. The van der Waals surface area contributed by atoms with Crippen LogP contribution < -0.4 is 20.5 Å². The smallest absolute Gasteiger partial charge is 0.306 e. The van der Waals surface area contributed by atoms with Gasteiger partial charge in [-0.2, -0.15) is 0 Å². The Morgan fingerprint density at radius 1 is 1.08 bits per heavy atom. The maximum absolute atomic E-state index is 14.4. The summed E-state index contributed by atoms with van der Waals surface area (Å²) in [4.78, 5) is 37.2. The van der Waals surface area contributed by atoms with Crippen molar-refractivity contribution in [2.24, 2.45) is 10.1 Å². The highest BCUT2D eigenvalue weighted by Crippen LogP contribution is 2.46. The lowest BCUT2D eigenvalue weighted by Gasteiger charge is -2.31. The average Bonchev–Trinajstić information content (AvgIpc) is 3.45. The summed E-state index contributed by atoms with van der Waals surface area (Å²) in [6.45, 7) is 6.00. The van der Waals surface area contributed by atoms with Gasteiger partial charge in [-0.15, -0.1) is 0 Å². The first-order valence-corrected chi connectivity index (χ1v) is 15.7. The number of aliphatic hydroxyl groups excluding tert-OH is 1. The molecule has 3 aromatic rings. The molecule has 0 saturated carbocycles. The van der Waals surface area contributed by atoms with Crippen molar-refractivity contribution in [3.05, 3.63) is 99.9 Å². The molecule has 13 heteroatoms. The third kappa shape index (κ3) is 9.25. The highest BCUT2D eigenvalue weighted by Gasteiger charge is 2.54. The summed E-state index contributed by atoms with van der Waals surface area (Å²) in [6, 6.07) is 21.7. The van der Waals surface area contributed by atoms with Gasteiger partial charge in [0.25, 0.3) is 5.91 Å². The van der Waals surface area contributed by atoms with E-state index in [-0.39, 0.29) is 31.0 Å². The fraction of sp³-hybridized carbons (Fsp3) is 0.400. The number of nitrogens with one attached hydrogen (secondary N) is 2. The van der Waals surface area contributed by atoms with Crippen LogP contribution in [0.2, 0.25) is 0 Å². The number of amides is 1. The van der Waals surface area contributed by atoms with Gasteiger partial charge < -0.3 is 24.2 Å². The number of carbonyl (C=O) groups is 2. The zero-order chi connectivity index (χ0) is 34.7. The maximum Gasteiger partial charge on any atom is 0.306 e. The second-order valence-electron chi connectivity index (χ2n) is 12.5. The molecule has 13 nitrogen and oxygen atoms in total. The van der Waals surface area contributed by atoms with Gasteiger partial charge in [-0.3, -0.25) is 15.0 Å². The van der Waals surface area contributed by atoms with E-state index in [0.29, 0.717) is 36.4 Å². The number of anilines is 1. The van der Waals surface area contributed by atoms with Gasteiger partial charge in [0.1, 0.15) is 11.4 Å². The third-order valence-electron chi connectivity index (χ3n) is 7.48. The van der Waals surface area contributed by atoms with Crippen molar-refractivity contribution in [3.8, 4) is 5.75 Å². The van der Waals surface area contributed by atoms with Crippen LogP contribution in [0.5, 0.6) is 5.75 Å². The van der Waals surface area contributed by atoms with Gasteiger partial charge in [0.15, 0.2) is 11.6 Å². The van der Waals surface area contributed by atoms with Gasteiger partial charge in [0, 0.05) is 67.5 Å². The van der Waals surface area contributed by atoms with E-state index in [1.807, 2.05) is 43.3 Å². The Morgan fingerprint density at radius 2 is 1.79 bits per heavy atom. The molecular formula is C35H43N7O6. The van der Waals surface area contributed by atoms with Crippen molar-refractivity contribution >= 4 is 29.1 Å². The minimum Gasteiger partial charge on any atom is -0.494 e. The molecule has 48 heavy (non-hydrogen) atoms. The van der Waals surface area contributed by atoms with E-state index in [0.717, 1.165) is 11.3 Å². The Labute approximate surface area is 280 Å². The predicted molar refractivity (Wildman–Crippen MR) is 183 cm³/mol. The standard InChI is InChI=1S/C35H43N7O6/c1-34(2,3)48-30(44)19-20-35(33(45)40-37-23-24-11-15-26(16-12-24)42(4)5)31(28-9-6-7-10-29(28)39-41-36)47-32(38-35)25-13-17-27(18-14-25)46-22-8-21-43/h6-7,9-18,31,37,43H,8,19-23H2,1-5H3,(H,40,45)/t31-,35-/m0/s1. The van der Waals surface area contributed by atoms with Crippen molar-refractivity contribution in [1.29, 1.82) is 0 Å². The fourth-order valence-electron chi connectivity index (χ4n) is 5.13. The molecule has 3 aromatic carbocycles. The number of carbonyl (C=O) groups excluding carboxylic acids is 2. The Morgan fingerprint density at radius 3 is 2.44 bits per heavy atom. The highest BCUT2D eigenvalue weighted by atomic mass is 16.6. The van der Waals surface area contributed by atoms with Crippen LogP contribution in [0.1, 0.15) is 62.8 Å². The topological polar surface area (TPSA) is 170 Å². The number of azide groups is 1. The molecule has 3 N–H and O–H groups in total. The number of aliphatic imine (C=N–C) groups is 1. The van der Waals surface area contributed by atoms with Crippen LogP contribution in [0.3, 0.4) is 0 Å². The monoisotopic (exact) mass is 657 g/mol. The molecule has 4 rings (SSSR count). The van der Waals surface area contributed by atoms with E-state index in [1.54, 1.807) is 69.3 Å². The Bertz CT molecular complexity index is 1630. The molecule has 2 atom stereocenters. The zero-order valence-electron chi connectivity index (χ0n) is 28.0. The van der Waals surface area contributed by atoms with Crippen LogP contribution in [0.4, 0.5) is 11.4 Å². The highest BCUT2D eigenvalue weighted by molar-refractivity contribution is 6.01. The summed E-state index contributed by atoms with van der Waals surface area (Å²) in [5.74, 6) is -0.293. The van der Waals surface area contributed by atoms with Gasteiger partial charge in [-0.05, 0) is 74.7 Å². The number of hydrogen-bond donors (Lipinski definition) is 3. The summed E-state index contributed by atoms with van der Waals surface area (Å²) in [5.41, 5.74) is 16.0. The van der Waals surface area contributed by atoms with Gasteiger partial charge in [-0.25, -0.2) is 10.4 Å². The minimum absolute atomic E-state index is 0.0203. The third-order valence-corrected chi connectivity index (χ3v) is 7.48. The molecule has 1 aliphatic heterocycles. The molecule has 0 unspecified atom stereocenters. The normalized spacial score (nSPS) is 17.0. The van der Waals surface area contributed by atoms with Crippen molar-refractivity contribution in [2.45, 2.75) is 63.8 Å². The number of hydrazine groups is 1. The summed E-state index contributed by atoms with van der Waals surface area (Å²) in [5, 5.41) is 12.9. The molecule has 0 spiro atoms. The van der Waals surface area contributed by atoms with Crippen LogP contribution >= 0.6 is 0 Å². The minimum atomic E-state index is -1.68. The van der Waals surface area contributed by atoms with Gasteiger partial charge in [0.2, 0.25) is 5.90 Å². The first-order chi connectivity index (χ1) is 23.0. The lowest BCUT2D eigenvalue weighted by atomic mass is 9.83. The van der Waals surface area contributed by atoms with E-state index >= 15 is 0 Å². The number of benzene rings is 3. The fourth-order valence-corrected chi connectivity index (χ4v) is 5.13. The predicted octanol–water partition coefficient (Wildman–Crippen LogP) is 5.66. The second-order valence-corrected chi connectivity index (χ2v) is 12.5. The Kier molecular flexibility index (Phi) is 12.0.